The lowest BCUT2D eigenvalue weighted by molar-refractivity contribution is 0.450. The van der Waals surface area contributed by atoms with Crippen LogP contribution in [0.3, 0.4) is 0 Å². The molecular weight excluding hydrogens is 198 g/mol. The van der Waals surface area contributed by atoms with E-state index in [1.54, 1.807) is 6.20 Å². The minimum absolute atomic E-state index is 0.500. The van der Waals surface area contributed by atoms with Crippen LogP contribution in [0.25, 0.3) is 0 Å². The molecule has 0 N–H and O–H groups in total. The molecule has 1 aromatic rings. The average Bonchev–Trinajstić information content (AvgIpc) is 2.67. The highest BCUT2D eigenvalue weighted by Crippen LogP contribution is 2.09. The molecule has 0 aliphatic carbocycles. The number of alkyl halides is 1. The number of pyridine rings is 1. The minimum atomic E-state index is 0.500. The number of aromatic nitrogens is 1. The van der Waals surface area contributed by atoms with Crippen LogP contribution in [0.4, 0.5) is 0 Å². The first-order valence-corrected chi connectivity index (χ1v) is 5.17. The summed E-state index contributed by atoms with van der Waals surface area (Å²) in [7, 11) is 0. The standard InChI is InChI=1S/C10H12ClN3/c11-6-10-13-4-5-14(10)8-9-2-1-3-12-7-9/h1-3,7H,4-6,8H2. The Morgan fingerprint density at radius 3 is 3.14 bits per heavy atom. The van der Waals surface area contributed by atoms with Gasteiger partial charge in [-0.25, -0.2) is 0 Å². The summed E-state index contributed by atoms with van der Waals surface area (Å²) in [6.45, 7) is 2.69. The Labute approximate surface area is 88.4 Å². The van der Waals surface area contributed by atoms with Crippen molar-refractivity contribution in [3.63, 3.8) is 0 Å². The lowest BCUT2D eigenvalue weighted by Crippen LogP contribution is -2.28. The van der Waals surface area contributed by atoms with Gasteiger partial charge in [0.2, 0.25) is 0 Å². The second-order valence-electron chi connectivity index (χ2n) is 3.21. The third-order valence-electron chi connectivity index (χ3n) is 2.25. The number of amidine groups is 1. The van der Waals surface area contributed by atoms with Gasteiger partial charge in [0.25, 0.3) is 0 Å². The van der Waals surface area contributed by atoms with E-state index in [9.17, 15) is 0 Å². The third kappa shape index (κ3) is 2.04. The average molecular weight is 210 g/mol. The fourth-order valence-corrected chi connectivity index (χ4v) is 1.79. The molecule has 2 rings (SSSR count). The molecule has 0 spiro atoms. The highest BCUT2D eigenvalue weighted by molar-refractivity contribution is 6.28. The predicted octanol–water partition coefficient (Wildman–Crippen LogP) is 1.53. The van der Waals surface area contributed by atoms with E-state index in [2.05, 4.69) is 20.9 Å². The normalized spacial score (nSPS) is 15.8. The quantitative estimate of drug-likeness (QED) is 0.707. The van der Waals surface area contributed by atoms with Crippen LogP contribution in [0.5, 0.6) is 0 Å². The van der Waals surface area contributed by atoms with Gasteiger partial charge >= 0.3 is 0 Å². The summed E-state index contributed by atoms with van der Waals surface area (Å²) in [5.41, 5.74) is 1.20. The van der Waals surface area contributed by atoms with Gasteiger partial charge in [-0.3, -0.25) is 9.98 Å². The molecule has 0 atom stereocenters. The molecule has 0 aromatic carbocycles. The number of hydrogen-bond donors (Lipinski definition) is 0. The van der Waals surface area contributed by atoms with E-state index < -0.39 is 0 Å². The number of nitrogens with zero attached hydrogens (tertiary/aromatic N) is 3. The Bertz CT molecular complexity index is 323. The van der Waals surface area contributed by atoms with Crippen LogP contribution in [0.1, 0.15) is 5.56 Å². The molecule has 0 saturated carbocycles. The fraction of sp³-hybridized carbons (Fsp3) is 0.400. The van der Waals surface area contributed by atoms with Crippen molar-refractivity contribution in [3.8, 4) is 0 Å². The molecule has 2 heterocycles. The Balaban J connectivity index is 2.02. The van der Waals surface area contributed by atoms with Gasteiger partial charge in [-0.2, -0.15) is 0 Å². The lowest BCUT2D eigenvalue weighted by Gasteiger charge is -2.18. The van der Waals surface area contributed by atoms with Gasteiger partial charge in [0.15, 0.2) is 0 Å². The Hall–Kier alpha value is -1.09. The molecule has 0 bridgehead atoms. The topological polar surface area (TPSA) is 28.5 Å². The van der Waals surface area contributed by atoms with Crippen molar-refractivity contribution in [3.05, 3.63) is 30.1 Å². The molecule has 14 heavy (non-hydrogen) atoms. The van der Waals surface area contributed by atoms with E-state index in [0.29, 0.717) is 5.88 Å². The largest absolute Gasteiger partial charge is 0.353 e. The van der Waals surface area contributed by atoms with Crippen LogP contribution < -0.4 is 0 Å². The summed E-state index contributed by atoms with van der Waals surface area (Å²) in [5, 5.41) is 0. The van der Waals surface area contributed by atoms with Crippen molar-refractivity contribution in [2.24, 2.45) is 4.99 Å². The fourth-order valence-electron chi connectivity index (χ4n) is 1.54. The predicted molar refractivity (Wildman–Crippen MR) is 57.7 cm³/mol. The summed E-state index contributed by atoms with van der Waals surface area (Å²) in [4.78, 5) is 10.6. The molecule has 0 amide bonds. The zero-order valence-corrected chi connectivity index (χ0v) is 8.61. The first kappa shape index (κ1) is 9.46. The van der Waals surface area contributed by atoms with E-state index in [0.717, 1.165) is 25.5 Å². The number of halogens is 1. The molecule has 3 nitrogen and oxygen atoms in total. The van der Waals surface area contributed by atoms with E-state index in [4.69, 9.17) is 11.6 Å². The first-order valence-electron chi connectivity index (χ1n) is 4.63. The maximum absolute atomic E-state index is 5.78. The van der Waals surface area contributed by atoms with Gasteiger partial charge < -0.3 is 4.90 Å². The summed E-state index contributed by atoms with van der Waals surface area (Å²) in [5.74, 6) is 1.50. The summed E-state index contributed by atoms with van der Waals surface area (Å²) < 4.78 is 0. The van der Waals surface area contributed by atoms with Crippen LogP contribution >= 0.6 is 11.6 Å². The van der Waals surface area contributed by atoms with Crippen LogP contribution in [0.2, 0.25) is 0 Å². The third-order valence-corrected chi connectivity index (χ3v) is 2.48. The molecule has 0 radical (unpaired) electrons. The molecule has 74 valence electrons. The summed E-state index contributed by atoms with van der Waals surface area (Å²) >= 11 is 5.78. The van der Waals surface area contributed by atoms with E-state index in [1.807, 2.05) is 12.3 Å². The molecule has 0 saturated heterocycles. The van der Waals surface area contributed by atoms with E-state index in [1.165, 1.54) is 5.56 Å². The van der Waals surface area contributed by atoms with Gasteiger partial charge in [0.1, 0.15) is 5.84 Å². The van der Waals surface area contributed by atoms with E-state index in [-0.39, 0.29) is 0 Å². The molecule has 1 aliphatic rings. The highest BCUT2D eigenvalue weighted by Gasteiger charge is 2.15. The molecule has 0 unspecified atom stereocenters. The van der Waals surface area contributed by atoms with Crippen molar-refractivity contribution in [1.82, 2.24) is 9.88 Å². The zero-order chi connectivity index (χ0) is 9.80. The SMILES string of the molecule is ClCC1=NCCN1Cc1cccnc1. The molecular formula is C10H12ClN3. The Morgan fingerprint density at radius 1 is 1.50 bits per heavy atom. The molecule has 1 aromatic heterocycles. The van der Waals surface area contributed by atoms with Gasteiger partial charge in [0, 0.05) is 25.5 Å². The first-order chi connectivity index (χ1) is 6.90. The van der Waals surface area contributed by atoms with Crippen LogP contribution in [0, 0.1) is 0 Å². The maximum Gasteiger partial charge on any atom is 0.114 e. The van der Waals surface area contributed by atoms with Crippen molar-refractivity contribution in [1.29, 1.82) is 0 Å². The Morgan fingerprint density at radius 2 is 2.43 bits per heavy atom. The van der Waals surface area contributed by atoms with Crippen LogP contribution in [-0.4, -0.2) is 34.7 Å². The summed E-state index contributed by atoms with van der Waals surface area (Å²) in [6, 6.07) is 4.01. The maximum atomic E-state index is 5.78. The van der Waals surface area contributed by atoms with Crippen molar-refractivity contribution < 1.29 is 0 Å². The van der Waals surface area contributed by atoms with Crippen molar-refractivity contribution in [2.75, 3.05) is 19.0 Å². The smallest absolute Gasteiger partial charge is 0.114 e. The second kappa shape index (κ2) is 4.42. The number of aliphatic imine (C=N–C) groups is 1. The van der Waals surface area contributed by atoms with Gasteiger partial charge in [0.05, 0.1) is 12.4 Å². The van der Waals surface area contributed by atoms with Gasteiger partial charge in [-0.15, -0.1) is 11.6 Å². The highest BCUT2D eigenvalue weighted by atomic mass is 35.5. The number of hydrogen-bond acceptors (Lipinski definition) is 3. The van der Waals surface area contributed by atoms with E-state index >= 15 is 0 Å². The van der Waals surface area contributed by atoms with Crippen molar-refractivity contribution >= 4 is 17.4 Å². The zero-order valence-electron chi connectivity index (χ0n) is 7.86. The number of rotatable bonds is 3. The van der Waals surface area contributed by atoms with Crippen LogP contribution in [0.15, 0.2) is 29.5 Å². The Kier molecular flexibility index (Phi) is 2.99. The lowest BCUT2D eigenvalue weighted by atomic mass is 10.2. The minimum Gasteiger partial charge on any atom is -0.353 e. The summed E-state index contributed by atoms with van der Waals surface area (Å²) in [6.07, 6.45) is 3.66. The molecule has 1 aliphatic heterocycles. The van der Waals surface area contributed by atoms with Gasteiger partial charge in [-0.1, -0.05) is 6.07 Å². The van der Waals surface area contributed by atoms with Crippen molar-refractivity contribution in [2.45, 2.75) is 6.54 Å². The molecule has 4 heteroatoms. The van der Waals surface area contributed by atoms with Crippen LogP contribution in [-0.2, 0) is 6.54 Å². The second-order valence-corrected chi connectivity index (χ2v) is 3.48. The monoisotopic (exact) mass is 209 g/mol. The molecule has 0 fully saturated rings. The van der Waals surface area contributed by atoms with Gasteiger partial charge in [-0.05, 0) is 11.6 Å².